The Hall–Kier alpha value is -1.76. The summed E-state index contributed by atoms with van der Waals surface area (Å²) in [5, 5.41) is 2.66. The average Bonchev–Trinajstić information content (AvgIpc) is 2.99. The summed E-state index contributed by atoms with van der Waals surface area (Å²) in [4.78, 5) is 24.6. The minimum absolute atomic E-state index is 0.517. The number of rotatable bonds is 7. The first-order valence-corrected chi connectivity index (χ1v) is 12.2. The minimum Gasteiger partial charge on any atom is -0.467 e. The molecule has 1 heterocycles. The van der Waals surface area contributed by atoms with Gasteiger partial charge in [-0.15, -0.1) is 0 Å². The van der Waals surface area contributed by atoms with Crippen LogP contribution in [0.2, 0.25) is 16.6 Å². The first kappa shape index (κ1) is 24.3. The molecule has 0 aromatic carbocycles. The number of carbonyl (C=O) groups is 2. The molecule has 0 unspecified atom stereocenters. The third-order valence-electron chi connectivity index (χ3n) is 5.37. The lowest BCUT2D eigenvalue weighted by Crippen LogP contribution is -2.51. The Morgan fingerprint density at radius 1 is 1.04 bits per heavy atom. The molecule has 1 atom stereocenters. The number of esters is 1. The highest BCUT2D eigenvalue weighted by molar-refractivity contribution is 6.82. The molecule has 7 heteroatoms. The highest BCUT2D eigenvalue weighted by Crippen LogP contribution is 2.43. The van der Waals surface area contributed by atoms with Crippen LogP contribution in [0.4, 0.5) is 4.79 Å². The third kappa shape index (κ3) is 5.19. The zero-order valence-electron chi connectivity index (χ0n) is 19.1. The smallest absolute Gasteiger partial charge is 0.408 e. The van der Waals surface area contributed by atoms with Crippen molar-refractivity contribution in [2.24, 2.45) is 0 Å². The van der Waals surface area contributed by atoms with Gasteiger partial charge in [0.2, 0.25) is 0 Å². The number of nitrogens with one attached hydrogen (secondary N) is 1. The van der Waals surface area contributed by atoms with Crippen LogP contribution in [-0.2, 0) is 14.3 Å². The average molecular weight is 411 g/mol. The van der Waals surface area contributed by atoms with Crippen LogP contribution in [0.1, 0.15) is 73.9 Å². The van der Waals surface area contributed by atoms with E-state index in [2.05, 4.69) is 51.1 Å². The van der Waals surface area contributed by atoms with Crippen LogP contribution in [-0.4, -0.2) is 37.2 Å². The summed E-state index contributed by atoms with van der Waals surface area (Å²) in [6.45, 7) is 19.0. The molecule has 0 aliphatic heterocycles. The molecule has 0 fully saturated rings. The number of hydrogen-bond acceptors (Lipinski definition) is 4. The Morgan fingerprint density at radius 3 is 1.93 bits per heavy atom. The lowest BCUT2D eigenvalue weighted by Gasteiger charge is -2.44. The molecule has 0 bridgehead atoms. The third-order valence-corrected chi connectivity index (χ3v) is 12.1. The molecule has 160 valence electrons. The molecule has 0 aliphatic rings. The summed E-state index contributed by atoms with van der Waals surface area (Å²) >= 11 is 0. The van der Waals surface area contributed by atoms with Crippen LogP contribution < -0.4 is 5.32 Å². The topological polar surface area (TPSA) is 69.6 Å². The maximum Gasteiger partial charge on any atom is 0.408 e. The van der Waals surface area contributed by atoms with Crippen LogP contribution in [0.15, 0.2) is 18.5 Å². The van der Waals surface area contributed by atoms with Gasteiger partial charge in [-0.25, -0.2) is 9.59 Å². The lowest BCUT2D eigenvalue weighted by atomic mass is 10.1. The van der Waals surface area contributed by atoms with Crippen molar-refractivity contribution < 1.29 is 19.1 Å². The SMILES string of the molecule is COC(=O)[C@@H](NC(=O)OC(C)(C)C)c1ccn([Si](C(C)C)(C(C)C)C(C)C)c1. The summed E-state index contributed by atoms with van der Waals surface area (Å²) in [5.74, 6) is -0.519. The Morgan fingerprint density at radius 2 is 1.54 bits per heavy atom. The van der Waals surface area contributed by atoms with E-state index in [-0.39, 0.29) is 0 Å². The standard InChI is InChI=1S/C21H38N2O4Si/c1-14(2)28(15(3)4,16(5)6)23-12-11-17(13-23)18(19(24)26-10)22-20(25)27-21(7,8)9/h11-16,18H,1-10H3,(H,22,25)/t18-/m0/s1. The van der Waals surface area contributed by atoms with Gasteiger partial charge in [-0.3, -0.25) is 0 Å². The molecule has 0 saturated carbocycles. The van der Waals surface area contributed by atoms with E-state index in [4.69, 9.17) is 9.47 Å². The normalized spacial score (nSPS) is 13.8. The first-order valence-electron chi connectivity index (χ1n) is 10.0. The highest BCUT2D eigenvalue weighted by atomic mass is 28.3. The van der Waals surface area contributed by atoms with Crippen molar-refractivity contribution in [1.82, 2.24) is 9.55 Å². The Kier molecular flexibility index (Phi) is 7.94. The maximum atomic E-state index is 12.4. The van der Waals surface area contributed by atoms with Gasteiger partial charge in [0.25, 0.3) is 0 Å². The van der Waals surface area contributed by atoms with Crippen molar-refractivity contribution in [2.75, 3.05) is 7.11 Å². The van der Waals surface area contributed by atoms with E-state index in [9.17, 15) is 9.59 Å². The number of aromatic nitrogens is 1. The summed E-state index contributed by atoms with van der Waals surface area (Å²) in [7, 11) is -0.613. The maximum absolute atomic E-state index is 12.4. The molecular formula is C21H38N2O4Si. The van der Waals surface area contributed by atoms with Gasteiger partial charge in [-0.05, 0) is 49.7 Å². The number of carbonyl (C=O) groups excluding carboxylic acids is 2. The molecule has 0 spiro atoms. The fourth-order valence-electron chi connectivity index (χ4n) is 4.54. The number of nitrogens with zero attached hydrogens (tertiary/aromatic N) is 1. The van der Waals surface area contributed by atoms with Crippen LogP contribution >= 0.6 is 0 Å². The molecule has 0 saturated heterocycles. The Bertz CT molecular complexity index is 652. The second-order valence-corrected chi connectivity index (χ2v) is 15.1. The second kappa shape index (κ2) is 9.16. The minimum atomic E-state index is -1.93. The van der Waals surface area contributed by atoms with Gasteiger partial charge in [0.15, 0.2) is 14.3 Å². The van der Waals surface area contributed by atoms with E-state index in [1.807, 2.05) is 18.5 Å². The molecule has 1 aromatic heterocycles. The van der Waals surface area contributed by atoms with E-state index in [0.717, 1.165) is 0 Å². The van der Waals surface area contributed by atoms with Crippen molar-refractivity contribution in [3.8, 4) is 0 Å². The molecule has 1 aromatic rings. The number of amides is 1. The summed E-state index contributed by atoms with van der Waals surface area (Å²) < 4.78 is 12.6. The number of ether oxygens (including phenoxy) is 2. The van der Waals surface area contributed by atoms with E-state index in [1.165, 1.54) is 7.11 Å². The molecule has 28 heavy (non-hydrogen) atoms. The van der Waals surface area contributed by atoms with Crippen LogP contribution in [0.3, 0.4) is 0 Å². The first-order chi connectivity index (χ1) is 12.8. The summed E-state index contributed by atoms with van der Waals surface area (Å²) in [6, 6.07) is 0.993. The van der Waals surface area contributed by atoms with Gasteiger partial charge in [-0.1, -0.05) is 41.5 Å². The van der Waals surface area contributed by atoms with Gasteiger partial charge in [0, 0.05) is 11.8 Å². The predicted molar refractivity (Wildman–Crippen MR) is 115 cm³/mol. The fourth-order valence-corrected chi connectivity index (χ4v) is 11.0. The number of hydrogen-bond donors (Lipinski definition) is 1. The van der Waals surface area contributed by atoms with Crippen molar-refractivity contribution in [3.63, 3.8) is 0 Å². The summed E-state index contributed by atoms with van der Waals surface area (Å²) in [6.07, 6.45) is 3.41. The van der Waals surface area contributed by atoms with Gasteiger partial charge < -0.3 is 19.0 Å². The lowest BCUT2D eigenvalue weighted by molar-refractivity contribution is -0.143. The van der Waals surface area contributed by atoms with E-state index in [1.54, 1.807) is 20.8 Å². The molecule has 6 nitrogen and oxygen atoms in total. The second-order valence-electron chi connectivity index (χ2n) is 9.31. The number of methoxy groups -OCH3 is 1. The molecule has 1 N–H and O–H groups in total. The van der Waals surface area contributed by atoms with Gasteiger partial charge in [0.05, 0.1) is 7.11 Å². The zero-order valence-corrected chi connectivity index (χ0v) is 20.1. The zero-order chi connectivity index (χ0) is 21.9. The molecule has 0 radical (unpaired) electrons. The fraction of sp³-hybridized carbons (Fsp3) is 0.714. The van der Waals surface area contributed by atoms with Gasteiger partial charge in [0.1, 0.15) is 5.60 Å². The molecule has 0 aliphatic carbocycles. The molecule has 1 rings (SSSR count). The van der Waals surface area contributed by atoms with Gasteiger partial charge in [-0.2, -0.15) is 0 Å². The molecule has 1 amide bonds. The summed E-state index contributed by atoms with van der Waals surface area (Å²) in [5.41, 5.74) is 1.61. The van der Waals surface area contributed by atoms with Crippen molar-refractivity contribution in [2.45, 2.75) is 90.6 Å². The largest absolute Gasteiger partial charge is 0.467 e. The van der Waals surface area contributed by atoms with Crippen molar-refractivity contribution in [3.05, 3.63) is 24.0 Å². The van der Waals surface area contributed by atoms with Crippen LogP contribution in [0.5, 0.6) is 0 Å². The highest BCUT2D eigenvalue weighted by Gasteiger charge is 2.45. The van der Waals surface area contributed by atoms with Crippen molar-refractivity contribution >= 4 is 20.3 Å². The van der Waals surface area contributed by atoms with E-state index >= 15 is 0 Å². The quantitative estimate of drug-likeness (QED) is 0.492. The molecular weight excluding hydrogens is 372 g/mol. The Labute approximate surface area is 171 Å². The van der Waals surface area contributed by atoms with Gasteiger partial charge >= 0.3 is 12.1 Å². The van der Waals surface area contributed by atoms with Crippen LogP contribution in [0.25, 0.3) is 0 Å². The Balaban J connectivity index is 3.32. The van der Waals surface area contributed by atoms with Crippen molar-refractivity contribution in [1.29, 1.82) is 0 Å². The van der Waals surface area contributed by atoms with E-state index in [0.29, 0.717) is 22.2 Å². The van der Waals surface area contributed by atoms with E-state index < -0.39 is 31.9 Å². The predicted octanol–water partition coefficient (Wildman–Crippen LogP) is 5.25. The monoisotopic (exact) mass is 410 g/mol. The number of alkyl carbamates (subject to hydrolysis) is 1. The van der Waals surface area contributed by atoms with Crippen LogP contribution in [0, 0.1) is 0 Å².